The lowest BCUT2D eigenvalue weighted by Crippen LogP contribution is -2.38. The van der Waals surface area contributed by atoms with Crippen LogP contribution in [-0.4, -0.2) is 20.9 Å². The number of phenolic OH excluding ortho intramolecular Hbond substituents is 1. The molecule has 7 heteroatoms. The molecule has 0 saturated heterocycles. The minimum Gasteiger partial charge on any atom is -0.502 e. The first kappa shape index (κ1) is 14.0. The maximum atomic E-state index is 12.2. The number of nitrogens with one attached hydrogen (secondary N) is 1. The first-order chi connectivity index (χ1) is 10.6. The van der Waals surface area contributed by atoms with Gasteiger partial charge in [0, 0.05) is 19.2 Å². The molecule has 0 aliphatic carbocycles. The minimum atomic E-state index is -0.724. The summed E-state index contributed by atoms with van der Waals surface area (Å²) >= 11 is 0. The molecule has 0 unspecified atom stereocenters. The summed E-state index contributed by atoms with van der Waals surface area (Å²) in [7, 11) is 0. The van der Waals surface area contributed by atoms with E-state index in [4.69, 9.17) is 0 Å². The van der Waals surface area contributed by atoms with Crippen molar-refractivity contribution in [2.45, 2.75) is 13.1 Å². The van der Waals surface area contributed by atoms with E-state index in [0.717, 1.165) is 17.2 Å². The van der Waals surface area contributed by atoms with E-state index in [9.17, 15) is 20.0 Å². The number of carbonyl (C=O) groups excluding carboxylic acids is 1. The van der Waals surface area contributed by atoms with Gasteiger partial charge >= 0.3 is 5.69 Å². The van der Waals surface area contributed by atoms with E-state index >= 15 is 0 Å². The molecule has 1 aliphatic rings. The Morgan fingerprint density at radius 1 is 1.14 bits per heavy atom. The number of phenols is 1. The highest BCUT2D eigenvalue weighted by Gasteiger charge is 2.24. The largest absolute Gasteiger partial charge is 0.502 e. The summed E-state index contributed by atoms with van der Waals surface area (Å²) in [6.07, 6.45) is 0. The maximum absolute atomic E-state index is 12.2. The topological polar surface area (TPSA) is 95.7 Å². The number of nitro groups is 1. The van der Waals surface area contributed by atoms with Crippen molar-refractivity contribution in [2.24, 2.45) is 0 Å². The number of benzene rings is 2. The standard InChI is InChI=1S/C15H13N3O4/c19-14-12(6-3-7-13(14)18(21)22)15(20)16-17-8-10-4-1-2-5-11(10)9-17/h1-7,19H,8-9H2,(H,16,20). The van der Waals surface area contributed by atoms with Crippen molar-refractivity contribution in [2.75, 3.05) is 0 Å². The average molecular weight is 299 g/mol. The first-order valence-corrected chi connectivity index (χ1v) is 6.65. The molecule has 0 radical (unpaired) electrons. The first-order valence-electron chi connectivity index (χ1n) is 6.65. The smallest absolute Gasteiger partial charge is 0.311 e. The van der Waals surface area contributed by atoms with Crippen LogP contribution >= 0.6 is 0 Å². The van der Waals surface area contributed by atoms with Gasteiger partial charge in [-0.25, -0.2) is 5.01 Å². The third-order valence-electron chi connectivity index (χ3n) is 3.56. The van der Waals surface area contributed by atoms with Gasteiger partial charge in [-0.1, -0.05) is 30.3 Å². The Bertz CT molecular complexity index is 735. The van der Waals surface area contributed by atoms with E-state index in [1.165, 1.54) is 12.1 Å². The van der Waals surface area contributed by atoms with Crippen molar-refractivity contribution < 1.29 is 14.8 Å². The summed E-state index contributed by atoms with van der Waals surface area (Å²) in [6, 6.07) is 11.7. The molecular formula is C15H13N3O4. The Balaban J connectivity index is 1.77. The second-order valence-corrected chi connectivity index (χ2v) is 5.00. The van der Waals surface area contributed by atoms with Crippen LogP contribution in [0.3, 0.4) is 0 Å². The van der Waals surface area contributed by atoms with E-state index in [2.05, 4.69) is 5.43 Å². The van der Waals surface area contributed by atoms with Gasteiger partial charge in [0.05, 0.1) is 10.5 Å². The predicted molar refractivity (Wildman–Crippen MR) is 77.9 cm³/mol. The Morgan fingerprint density at radius 3 is 2.36 bits per heavy atom. The van der Waals surface area contributed by atoms with Gasteiger partial charge < -0.3 is 5.11 Å². The highest BCUT2D eigenvalue weighted by molar-refractivity contribution is 5.97. The van der Waals surface area contributed by atoms with Gasteiger partial charge in [-0.05, 0) is 17.2 Å². The Hall–Kier alpha value is -2.93. The second kappa shape index (κ2) is 5.45. The van der Waals surface area contributed by atoms with Crippen LogP contribution in [0.25, 0.3) is 0 Å². The van der Waals surface area contributed by atoms with E-state index < -0.39 is 22.3 Å². The molecule has 2 N–H and O–H groups in total. The fraction of sp³-hybridized carbons (Fsp3) is 0.133. The van der Waals surface area contributed by atoms with Gasteiger partial charge in [0.2, 0.25) is 5.75 Å². The fourth-order valence-electron chi connectivity index (χ4n) is 2.48. The summed E-state index contributed by atoms with van der Waals surface area (Å²) in [5, 5.41) is 22.3. The number of fused-ring (bicyclic) bond motifs is 1. The number of nitro benzene ring substituents is 1. The molecule has 3 rings (SSSR count). The van der Waals surface area contributed by atoms with Gasteiger partial charge in [-0.2, -0.15) is 0 Å². The van der Waals surface area contributed by atoms with Crippen LogP contribution in [0.5, 0.6) is 5.75 Å². The molecule has 1 aliphatic heterocycles. The highest BCUT2D eigenvalue weighted by Crippen LogP contribution is 2.29. The normalized spacial score (nSPS) is 13.6. The van der Waals surface area contributed by atoms with E-state index in [1.54, 1.807) is 5.01 Å². The molecule has 0 aromatic heterocycles. The lowest BCUT2D eigenvalue weighted by molar-refractivity contribution is -0.385. The molecule has 2 aromatic rings. The summed E-state index contributed by atoms with van der Waals surface area (Å²) < 4.78 is 0. The number of amides is 1. The third kappa shape index (κ3) is 2.49. The van der Waals surface area contributed by atoms with Crippen molar-refractivity contribution >= 4 is 11.6 Å². The Morgan fingerprint density at radius 2 is 1.77 bits per heavy atom. The van der Waals surface area contributed by atoms with Crippen molar-refractivity contribution in [3.8, 4) is 5.75 Å². The zero-order chi connectivity index (χ0) is 15.7. The number of aromatic hydroxyl groups is 1. The van der Waals surface area contributed by atoms with Crippen LogP contribution in [0.15, 0.2) is 42.5 Å². The van der Waals surface area contributed by atoms with Crippen molar-refractivity contribution in [3.63, 3.8) is 0 Å². The number of rotatable bonds is 3. The van der Waals surface area contributed by atoms with Crippen LogP contribution in [0.2, 0.25) is 0 Å². The summed E-state index contributed by atoms with van der Waals surface area (Å²) in [5.41, 5.74) is 4.29. The van der Waals surface area contributed by atoms with Crippen LogP contribution in [0.1, 0.15) is 21.5 Å². The van der Waals surface area contributed by atoms with Gasteiger partial charge in [0.15, 0.2) is 0 Å². The highest BCUT2D eigenvalue weighted by atomic mass is 16.6. The monoisotopic (exact) mass is 299 g/mol. The van der Waals surface area contributed by atoms with Gasteiger partial charge in [0.25, 0.3) is 5.91 Å². The molecule has 7 nitrogen and oxygen atoms in total. The molecule has 0 spiro atoms. The SMILES string of the molecule is O=C(NN1Cc2ccccc2C1)c1cccc([N+](=O)[O-])c1O. The number of nitrogens with zero attached hydrogens (tertiary/aromatic N) is 2. The third-order valence-corrected chi connectivity index (χ3v) is 3.56. The number of carbonyl (C=O) groups is 1. The molecule has 0 atom stereocenters. The van der Waals surface area contributed by atoms with Crippen LogP contribution in [0, 0.1) is 10.1 Å². The summed E-state index contributed by atoms with van der Waals surface area (Å²) in [4.78, 5) is 22.3. The van der Waals surface area contributed by atoms with Crippen molar-refractivity contribution in [1.82, 2.24) is 10.4 Å². The molecule has 1 amide bonds. The quantitative estimate of drug-likeness (QED) is 0.667. The molecule has 1 heterocycles. The fourth-order valence-corrected chi connectivity index (χ4v) is 2.48. The summed E-state index contributed by atoms with van der Waals surface area (Å²) in [6.45, 7) is 1.11. The van der Waals surface area contributed by atoms with Crippen LogP contribution < -0.4 is 5.43 Å². The molecule has 2 aromatic carbocycles. The van der Waals surface area contributed by atoms with Gasteiger partial charge in [0.1, 0.15) is 0 Å². The summed E-state index contributed by atoms with van der Waals surface area (Å²) in [5.74, 6) is -1.20. The second-order valence-electron chi connectivity index (χ2n) is 5.00. The Kier molecular flexibility index (Phi) is 3.48. The zero-order valence-corrected chi connectivity index (χ0v) is 11.5. The zero-order valence-electron chi connectivity index (χ0n) is 11.5. The number of hydrogen-bond acceptors (Lipinski definition) is 5. The molecule has 0 bridgehead atoms. The lowest BCUT2D eigenvalue weighted by atomic mass is 10.1. The van der Waals surface area contributed by atoms with Crippen LogP contribution in [0.4, 0.5) is 5.69 Å². The Labute approximate surface area is 125 Å². The molecule has 0 fully saturated rings. The molecular weight excluding hydrogens is 286 g/mol. The van der Waals surface area contributed by atoms with E-state index in [1.807, 2.05) is 24.3 Å². The maximum Gasteiger partial charge on any atom is 0.311 e. The number of para-hydroxylation sites is 1. The molecule has 0 saturated carbocycles. The van der Waals surface area contributed by atoms with Gasteiger partial charge in [-0.15, -0.1) is 0 Å². The average Bonchev–Trinajstić information content (AvgIpc) is 2.89. The van der Waals surface area contributed by atoms with E-state index in [0.29, 0.717) is 13.1 Å². The van der Waals surface area contributed by atoms with Crippen molar-refractivity contribution in [1.29, 1.82) is 0 Å². The van der Waals surface area contributed by atoms with Crippen molar-refractivity contribution in [3.05, 3.63) is 69.3 Å². The minimum absolute atomic E-state index is 0.120. The lowest BCUT2D eigenvalue weighted by Gasteiger charge is -2.16. The number of hydrogen-bond donors (Lipinski definition) is 2. The molecule has 22 heavy (non-hydrogen) atoms. The van der Waals surface area contributed by atoms with Gasteiger partial charge in [-0.3, -0.25) is 20.3 Å². The molecule has 112 valence electrons. The predicted octanol–water partition coefficient (Wildman–Crippen LogP) is 1.96. The van der Waals surface area contributed by atoms with E-state index in [-0.39, 0.29) is 5.56 Å². The van der Waals surface area contributed by atoms with Crippen LogP contribution in [-0.2, 0) is 13.1 Å². The number of hydrazine groups is 1.